The Balaban J connectivity index is 2.96. The van der Waals surface area contributed by atoms with Gasteiger partial charge in [-0.25, -0.2) is 0 Å². The number of allylic oxidation sites excluding steroid dienone is 1. The van der Waals surface area contributed by atoms with E-state index < -0.39 is 0 Å². The summed E-state index contributed by atoms with van der Waals surface area (Å²) in [6.45, 7) is 2.16. The zero-order valence-corrected chi connectivity index (χ0v) is 8.46. The molecule has 0 saturated carbocycles. The first-order chi connectivity index (χ1) is 4.84. The van der Waals surface area contributed by atoms with E-state index in [1.807, 2.05) is 6.07 Å². The highest BCUT2D eigenvalue weighted by Gasteiger charge is 1.88. The maximum Gasteiger partial charge on any atom is 0.0295 e. The summed E-state index contributed by atoms with van der Waals surface area (Å²) in [5.74, 6) is 0. The lowest BCUT2D eigenvalue weighted by Gasteiger charge is -1.97. The molecule has 0 saturated heterocycles. The Labute approximate surface area is 65.0 Å². The molecule has 1 heteroatoms. The van der Waals surface area contributed by atoms with Crippen LogP contribution in [0.4, 0.5) is 0 Å². The third-order valence-electron chi connectivity index (χ3n) is 1.66. The van der Waals surface area contributed by atoms with Crippen LogP contribution in [-0.2, 0) is 0 Å². The van der Waals surface area contributed by atoms with E-state index in [0.717, 1.165) is 10.2 Å². The molecule has 0 N–H and O–H groups in total. The quantitative estimate of drug-likeness (QED) is 0.528. The molecule has 10 heavy (non-hydrogen) atoms. The highest BCUT2D eigenvalue weighted by Crippen LogP contribution is 2.10. The Morgan fingerprint density at radius 2 is 1.90 bits per heavy atom. The second-order valence-electron chi connectivity index (χ2n) is 2.34. The predicted octanol–water partition coefficient (Wildman–Crippen LogP) is 1.41. The van der Waals surface area contributed by atoms with Crippen LogP contribution in [0.3, 0.4) is 0 Å². The molecule has 0 spiro atoms. The van der Waals surface area contributed by atoms with Crippen molar-refractivity contribution in [3.05, 3.63) is 41.6 Å². The minimum Gasteiger partial charge on any atom is -0.102 e. The fourth-order valence-corrected chi connectivity index (χ4v) is 1.20. The maximum absolute atomic E-state index is 2.26. The van der Waals surface area contributed by atoms with Gasteiger partial charge in [-0.15, -0.1) is 5.70 Å². The molecule has 1 rings (SSSR count). The van der Waals surface area contributed by atoms with Crippen molar-refractivity contribution >= 4 is 15.8 Å². The van der Waals surface area contributed by atoms with Crippen LogP contribution in [0, 0.1) is 0 Å². The molecule has 52 valence electrons. The molecule has 0 aliphatic rings. The smallest absolute Gasteiger partial charge is 0.0295 e. The third kappa shape index (κ3) is 1.58. The molecule has 1 aromatic carbocycles. The maximum atomic E-state index is 2.26. The second-order valence-corrected chi connectivity index (χ2v) is 2.92. The van der Waals surface area contributed by atoms with Crippen LogP contribution in [0.1, 0.15) is 12.5 Å². The van der Waals surface area contributed by atoms with Gasteiger partial charge in [0.15, 0.2) is 0 Å². The summed E-state index contributed by atoms with van der Waals surface area (Å²) in [4.78, 5) is 0. The Kier molecular flexibility index (Phi) is 2.46. The monoisotopic (exact) mass is 148 g/mol. The lowest BCUT2D eigenvalue weighted by atomic mass is 10.1. The molecule has 0 amide bonds. The van der Waals surface area contributed by atoms with Crippen molar-refractivity contribution in [2.75, 3.05) is 0 Å². The minimum atomic E-state index is 1.15. The van der Waals surface area contributed by atoms with Crippen molar-refractivity contribution in [3.8, 4) is 0 Å². The van der Waals surface area contributed by atoms with Gasteiger partial charge in [0, 0.05) is 10.2 Å². The standard InChI is InChI=1S/C9H12Si/c1-8(7-10)9-5-3-2-4-6-9/h2-7H,1,10H3. The highest BCUT2D eigenvalue weighted by atomic mass is 28.1. The Morgan fingerprint density at radius 3 is 2.40 bits per heavy atom. The molecule has 0 heterocycles. The Bertz CT molecular complexity index is 224. The van der Waals surface area contributed by atoms with Gasteiger partial charge < -0.3 is 0 Å². The summed E-state index contributed by atoms with van der Waals surface area (Å²) in [7, 11) is 1.15. The first-order valence-electron chi connectivity index (χ1n) is 3.53. The third-order valence-corrected chi connectivity index (χ3v) is 2.53. The van der Waals surface area contributed by atoms with E-state index in [-0.39, 0.29) is 0 Å². The minimum absolute atomic E-state index is 1.15. The Hall–Kier alpha value is -0.823. The van der Waals surface area contributed by atoms with E-state index >= 15 is 0 Å². The van der Waals surface area contributed by atoms with Crippen LogP contribution in [0.5, 0.6) is 0 Å². The van der Waals surface area contributed by atoms with E-state index in [4.69, 9.17) is 0 Å². The van der Waals surface area contributed by atoms with Crippen molar-refractivity contribution in [2.24, 2.45) is 0 Å². The van der Waals surface area contributed by atoms with Crippen LogP contribution in [0.25, 0.3) is 5.57 Å². The van der Waals surface area contributed by atoms with Crippen molar-refractivity contribution in [2.45, 2.75) is 6.92 Å². The first-order valence-corrected chi connectivity index (χ1v) is 4.68. The summed E-state index contributed by atoms with van der Waals surface area (Å²) in [5.41, 5.74) is 5.00. The fourth-order valence-electron chi connectivity index (χ4n) is 0.868. The molecular weight excluding hydrogens is 136 g/mol. The van der Waals surface area contributed by atoms with E-state index in [9.17, 15) is 0 Å². The van der Waals surface area contributed by atoms with Crippen LogP contribution in [0.2, 0.25) is 0 Å². The van der Waals surface area contributed by atoms with Crippen molar-refractivity contribution in [1.29, 1.82) is 0 Å². The molecular formula is C9H12Si. The number of rotatable bonds is 1. The lowest BCUT2D eigenvalue weighted by Crippen LogP contribution is -1.76. The van der Waals surface area contributed by atoms with Crippen LogP contribution in [-0.4, -0.2) is 10.2 Å². The van der Waals surface area contributed by atoms with E-state index in [1.165, 1.54) is 11.1 Å². The average molecular weight is 148 g/mol. The van der Waals surface area contributed by atoms with Gasteiger partial charge in [-0.2, -0.15) is 0 Å². The van der Waals surface area contributed by atoms with Crippen LogP contribution >= 0.6 is 0 Å². The molecule has 0 aromatic heterocycles. The van der Waals surface area contributed by atoms with Crippen molar-refractivity contribution < 1.29 is 0 Å². The van der Waals surface area contributed by atoms with Gasteiger partial charge in [0.05, 0.1) is 0 Å². The molecule has 0 radical (unpaired) electrons. The van der Waals surface area contributed by atoms with Gasteiger partial charge in [-0.05, 0) is 12.5 Å². The fraction of sp³-hybridized carbons (Fsp3) is 0.111. The van der Waals surface area contributed by atoms with E-state index in [1.54, 1.807) is 0 Å². The van der Waals surface area contributed by atoms with Crippen LogP contribution in [0.15, 0.2) is 36.0 Å². The zero-order valence-electron chi connectivity index (χ0n) is 6.46. The summed E-state index contributed by atoms with van der Waals surface area (Å²) in [5, 5.41) is 0. The van der Waals surface area contributed by atoms with E-state index in [0.29, 0.717) is 0 Å². The van der Waals surface area contributed by atoms with Gasteiger partial charge in [0.25, 0.3) is 0 Å². The molecule has 0 bridgehead atoms. The van der Waals surface area contributed by atoms with Crippen molar-refractivity contribution in [1.82, 2.24) is 0 Å². The van der Waals surface area contributed by atoms with Crippen LogP contribution < -0.4 is 0 Å². The second kappa shape index (κ2) is 3.37. The van der Waals surface area contributed by atoms with Crippen molar-refractivity contribution in [3.63, 3.8) is 0 Å². The van der Waals surface area contributed by atoms with Gasteiger partial charge in [0.2, 0.25) is 0 Å². The SMILES string of the molecule is CC(=C[SiH3])c1ccccc1. The zero-order chi connectivity index (χ0) is 7.40. The number of hydrogen-bond donors (Lipinski definition) is 0. The van der Waals surface area contributed by atoms with Gasteiger partial charge in [-0.3, -0.25) is 0 Å². The molecule has 0 unspecified atom stereocenters. The lowest BCUT2D eigenvalue weighted by molar-refractivity contribution is 1.58. The molecule has 0 aliphatic carbocycles. The molecule has 0 nitrogen and oxygen atoms in total. The largest absolute Gasteiger partial charge is 0.102 e. The molecule has 1 aromatic rings. The van der Waals surface area contributed by atoms with Gasteiger partial charge in [0.1, 0.15) is 0 Å². The molecule has 0 fully saturated rings. The normalized spacial score (nSPS) is 11.9. The number of hydrogen-bond acceptors (Lipinski definition) is 0. The first kappa shape index (κ1) is 7.29. The summed E-state index contributed by atoms with van der Waals surface area (Å²) < 4.78 is 0. The Morgan fingerprint density at radius 1 is 1.30 bits per heavy atom. The predicted molar refractivity (Wildman–Crippen MR) is 50.0 cm³/mol. The van der Waals surface area contributed by atoms with Gasteiger partial charge in [-0.1, -0.05) is 35.9 Å². The highest BCUT2D eigenvalue weighted by molar-refractivity contribution is 6.20. The molecule has 0 atom stereocenters. The molecule has 0 aliphatic heterocycles. The topological polar surface area (TPSA) is 0 Å². The summed E-state index contributed by atoms with van der Waals surface area (Å²) in [6.07, 6.45) is 0. The van der Waals surface area contributed by atoms with Gasteiger partial charge >= 0.3 is 0 Å². The summed E-state index contributed by atoms with van der Waals surface area (Å²) >= 11 is 0. The average Bonchev–Trinajstić information content (AvgIpc) is 2.05. The van der Waals surface area contributed by atoms with E-state index in [2.05, 4.69) is 36.9 Å². The summed E-state index contributed by atoms with van der Waals surface area (Å²) in [6, 6.07) is 10.5. The number of benzene rings is 1.